The summed E-state index contributed by atoms with van der Waals surface area (Å²) in [4.78, 5) is 14.3. The van der Waals surface area contributed by atoms with Crippen LogP contribution in [0.15, 0.2) is 42.5 Å². The Morgan fingerprint density at radius 3 is 2.58 bits per heavy atom. The largest absolute Gasteiger partial charge is 0.311 e. The monoisotopic (exact) mass is 380 g/mol. The van der Waals surface area contributed by atoms with Crippen molar-refractivity contribution in [1.29, 1.82) is 0 Å². The van der Waals surface area contributed by atoms with Crippen LogP contribution >= 0.6 is 0 Å². The molecular formula is C18H18F2N2O3S. The minimum absolute atomic E-state index is 0.0926. The number of hydrogen-bond acceptors (Lipinski definition) is 3. The van der Waals surface area contributed by atoms with Crippen LogP contribution in [-0.4, -0.2) is 33.7 Å². The number of nitrogens with zero attached hydrogens (tertiary/aromatic N) is 2. The molecule has 1 heterocycles. The molecule has 1 aliphatic heterocycles. The first-order chi connectivity index (χ1) is 12.3. The van der Waals surface area contributed by atoms with Gasteiger partial charge in [0.15, 0.2) is 11.6 Å². The molecule has 138 valence electrons. The van der Waals surface area contributed by atoms with Gasteiger partial charge in [0, 0.05) is 18.3 Å². The van der Waals surface area contributed by atoms with Gasteiger partial charge in [-0.15, -0.1) is 0 Å². The Hall–Kier alpha value is -2.48. The second kappa shape index (κ2) is 7.03. The zero-order valence-corrected chi connectivity index (χ0v) is 15.0. The molecule has 0 saturated heterocycles. The van der Waals surface area contributed by atoms with E-state index in [0.717, 1.165) is 52.9 Å². The van der Waals surface area contributed by atoms with Crippen LogP contribution in [0.25, 0.3) is 0 Å². The van der Waals surface area contributed by atoms with Gasteiger partial charge in [-0.2, -0.15) is 0 Å². The summed E-state index contributed by atoms with van der Waals surface area (Å²) in [5.41, 5.74) is 1.68. The molecule has 8 heteroatoms. The average Bonchev–Trinajstić information content (AvgIpc) is 2.60. The topological polar surface area (TPSA) is 57.7 Å². The second-order valence-corrected chi connectivity index (χ2v) is 8.05. The number of carbonyl (C=O) groups excluding carboxylic acids is 1. The summed E-state index contributed by atoms with van der Waals surface area (Å²) in [6.45, 7) is -0.0104. The molecule has 2 aromatic carbocycles. The summed E-state index contributed by atoms with van der Waals surface area (Å²) in [7, 11) is -3.86. The molecule has 26 heavy (non-hydrogen) atoms. The highest BCUT2D eigenvalue weighted by Gasteiger charge is 2.27. The van der Waals surface area contributed by atoms with Gasteiger partial charge in [0.05, 0.1) is 11.9 Å². The number of benzene rings is 2. The normalized spacial score (nSPS) is 14.0. The SMILES string of the molecule is CS(=O)(=O)N(CC(=O)N1CCCc2ccccc21)c1ccc(F)c(F)c1. The average molecular weight is 380 g/mol. The number of aryl methyl sites for hydroxylation is 1. The third kappa shape index (κ3) is 3.70. The van der Waals surface area contributed by atoms with Crippen molar-refractivity contribution in [2.24, 2.45) is 0 Å². The molecule has 1 aliphatic rings. The molecule has 5 nitrogen and oxygen atoms in total. The van der Waals surface area contributed by atoms with Crippen molar-refractivity contribution in [2.45, 2.75) is 12.8 Å². The lowest BCUT2D eigenvalue weighted by atomic mass is 10.0. The molecule has 0 spiro atoms. The third-order valence-electron chi connectivity index (χ3n) is 4.28. The molecule has 0 bridgehead atoms. The minimum atomic E-state index is -3.86. The maximum absolute atomic E-state index is 13.5. The van der Waals surface area contributed by atoms with E-state index in [2.05, 4.69) is 0 Å². The quantitative estimate of drug-likeness (QED) is 0.820. The van der Waals surface area contributed by atoms with Crippen LogP contribution < -0.4 is 9.21 Å². The first-order valence-corrected chi connectivity index (χ1v) is 9.93. The highest BCUT2D eigenvalue weighted by Crippen LogP contribution is 2.28. The standard InChI is InChI=1S/C18H18F2N2O3S/c1-26(24,25)22(14-8-9-15(19)16(20)11-14)12-18(23)21-10-4-6-13-5-2-3-7-17(13)21/h2-3,5,7-9,11H,4,6,10,12H2,1H3. The highest BCUT2D eigenvalue weighted by molar-refractivity contribution is 7.92. The maximum Gasteiger partial charge on any atom is 0.247 e. The van der Waals surface area contributed by atoms with Gasteiger partial charge in [0.2, 0.25) is 15.9 Å². The molecule has 1 amide bonds. The predicted molar refractivity (Wildman–Crippen MR) is 95.7 cm³/mol. The van der Waals surface area contributed by atoms with Crippen molar-refractivity contribution in [3.8, 4) is 0 Å². The van der Waals surface area contributed by atoms with Gasteiger partial charge in [0.25, 0.3) is 0 Å². The minimum Gasteiger partial charge on any atom is -0.311 e. The molecule has 0 radical (unpaired) electrons. The van der Waals surface area contributed by atoms with Gasteiger partial charge in [-0.1, -0.05) is 18.2 Å². The van der Waals surface area contributed by atoms with Gasteiger partial charge < -0.3 is 4.90 Å². The van der Waals surface area contributed by atoms with E-state index in [1.807, 2.05) is 24.3 Å². The number of hydrogen-bond donors (Lipinski definition) is 0. The van der Waals surface area contributed by atoms with E-state index in [0.29, 0.717) is 6.54 Å². The summed E-state index contributed by atoms with van der Waals surface area (Å²) in [6.07, 6.45) is 2.54. The number of para-hydroxylation sites is 1. The van der Waals surface area contributed by atoms with E-state index in [1.54, 1.807) is 0 Å². The molecule has 0 atom stereocenters. The molecule has 0 unspecified atom stereocenters. The van der Waals surface area contributed by atoms with Crippen molar-refractivity contribution in [3.05, 3.63) is 59.7 Å². The summed E-state index contributed by atoms with van der Waals surface area (Å²) < 4.78 is 51.7. The smallest absolute Gasteiger partial charge is 0.247 e. The molecule has 0 aromatic heterocycles. The third-order valence-corrected chi connectivity index (χ3v) is 5.42. The highest BCUT2D eigenvalue weighted by atomic mass is 32.2. The van der Waals surface area contributed by atoms with Crippen molar-refractivity contribution in [2.75, 3.05) is 28.6 Å². The van der Waals surface area contributed by atoms with Crippen LogP contribution in [0.4, 0.5) is 20.2 Å². The predicted octanol–water partition coefficient (Wildman–Crippen LogP) is 2.71. The fraction of sp³-hybridized carbons (Fsp3) is 0.278. The fourth-order valence-electron chi connectivity index (χ4n) is 3.04. The molecule has 3 rings (SSSR count). The molecule has 0 aliphatic carbocycles. The second-order valence-electron chi connectivity index (χ2n) is 6.15. The van der Waals surface area contributed by atoms with Crippen molar-refractivity contribution in [1.82, 2.24) is 0 Å². The van der Waals surface area contributed by atoms with Crippen LogP contribution in [0.2, 0.25) is 0 Å². The summed E-state index contributed by atoms with van der Waals surface area (Å²) in [5, 5.41) is 0. The van der Waals surface area contributed by atoms with Crippen molar-refractivity contribution >= 4 is 27.3 Å². The van der Waals surface area contributed by atoms with Crippen LogP contribution in [0.1, 0.15) is 12.0 Å². The van der Waals surface area contributed by atoms with Crippen LogP contribution in [0.5, 0.6) is 0 Å². The number of halogens is 2. The van der Waals surface area contributed by atoms with Crippen LogP contribution in [0.3, 0.4) is 0 Å². The Balaban J connectivity index is 1.91. The maximum atomic E-state index is 13.5. The molecule has 0 fully saturated rings. The molecule has 2 aromatic rings. The number of fused-ring (bicyclic) bond motifs is 1. The van der Waals surface area contributed by atoms with Crippen LogP contribution in [-0.2, 0) is 21.2 Å². The number of amides is 1. The van der Waals surface area contributed by atoms with E-state index in [-0.39, 0.29) is 5.69 Å². The lowest BCUT2D eigenvalue weighted by molar-refractivity contribution is -0.117. The van der Waals surface area contributed by atoms with E-state index < -0.39 is 34.1 Å². The van der Waals surface area contributed by atoms with Crippen molar-refractivity contribution in [3.63, 3.8) is 0 Å². The van der Waals surface area contributed by atoms with Crippen molar-refractivity contribution < 1.29 is 22.0 Å². The Labute approximate surface area is 150 Å². The lowest BCUT2D eigenvalue weighted by Gasteiger charge is -2.31. The molecule has 0 N–H and O–H groups in total. The van der Waals surface area contributed by atoms with E-state index in [4.69, 9.17) is 0 Å². The molecule has 0 saturated carbocycles. The zero-order valence-electron chi connectivity index (χ0n) is 14.2. The van der Waals surface area contributed by atoms with E-state index in [1.165, 1.54) is 4.90 Å². The van der Waals surface area contributed by atoms with Crippen LogP contribution in [0, 0.1) is 11.6 Å². The Morgan fingerprint density at radius 1 is 1.15 bits per heavy atom. The summed E-state index contributed by atoms with van der Waals surface area (Å²) in [6, 6.07) is 10.2. The number of sulfonamides is 1. The lowest BCUT2D eigenvalue weighted by Crippen LogP contribution is -2.44. The first-order valence-electron chi connectivity index (χ1n) is 8.08. The molecular weight excluding hydrogens is 362 g/mol. The van der Waals surface area contributed by atoms with Gasteiger partial charge in [0.1, 0.15) is 6.54 Å². The van der Waals surface area contributed by atoms with Gasteiger partial charge in [-0.3, -0.25) is 9.10 Å². The zero-order chi connectivity index (χ0) is 18.9. The van der Waals surface area contributed by atoms with Gasteiger partial charge >= 0.3 is 0 Å². The number of carbonyl (C=O) groups is 1. The van der Waals surface area contributed by atoms with Gasteiger partial charge in [-0.25, -0.2) is 17.2 Å². The van der Waals surface area contributed by atoms with E-state index in [9.17, 15) is 22.0 Å². The van der Waals surface area contributed by atoms with E-state index >= 15 is 0 Å². The first kappa shape index (κ1) is 18.3. The summed E-state index contributed by atoms with van der Waals surface area (Å²) in [5.74, 6) is -2.68. The fourth-order valence-corrected chi connectivity index (χ4v) is 3.88. The number of rotatable bonds is 4. The summed E-state index contributed by atoms with van der Waals surface area (Å²) >= 11 is 0. The Kier molecular flexibility index (Phi) is 4.95. The Bertz CT molecular complexity index is 947. The Morgan fingerprint density at radius 2 is 1.88 bits per heavy atom. The van der Waals surface area contributed by atoms with Gasteiger partial charge in [-0.05, 0) is 36.6 Å². The number of anilines is 2.